The Morgan fingerprint density at radius 1 is 1.44 bits per heavy atom. The molecule has 1 aromatic rings. The SMILES string of the molecule is CC(C)(CO)c1cc(F)cc2c1OCOC2. The van der Waals surface area contributed by atoms with Gasteiger partial charge in [0.05, 0.1) is 13.2 Å². The van der Waals surface area contributed by atoms with Gasteiger partial charge in [-0.15, -0.1) is 0 Å². The first kappa shape index (κ1) is 11.4. The molecular weight excluding hydrogens is 211 g/mol. The molecule has 88 valence electrons. The predicted octanol–water partition coefficient (Wildman–Crippen LogP) is 1.96. The summed E-state index contributed by atoms with van der Waals surface area (Å²) in [5.74, 6) is 0.316. The molecule has 0 saturated heterocycles. The highest BCUT2D eigenvalue weighted by Crippen LogP contribution is 2.37. The van der Waals surface area contributed by atoms with Gasteiger partial charge >= 0.3 is 0 Å². The molecule has 0 radical (unpaired) electrons. The van der Waals surface area contributed by atoms with Gasteiger partial charge in [-0.05, 0) is 12.1 Å². The third kappa shape index (κ3) is 1.90. The topological polar surface area (TPSA) is 38.7 Å². The molecule has 1 N–H and O–H groups in total. The minimum absolute atomic E-state index is 0.0624. The van der Waals surface area contributed by atoms with E-state index < -0.39 is 5.41 Å². The number of fused-ring (bicyclic) bond motifs is 1. The molecule has 0 unspecified atom stereocenters. The zero-order valence-electron chi connectivity index (χ0n) is 9.42. The zero-order chi connectivity index (χ0) is 11.8. The maximum absolute atomic E-state index is 13.4. The molecule has 0 aliphatic carbocycles. The van der Waals surface area contributed by atoms with E-state index in [0.717, 1.165) is 0 Å². The van der Waals surface area contributed by atoms with E-state index in [9.17, 15) is 9.50 Å². The van der Waals surface area contributed by atoms with Crippen molar-refractivity contribution >= 4 is 0 Å². The Kier molecular flexibility index (Phi) is 2.86. The standard InChI is InChI=1S/C12H15FO3/c1-12(2,6-14)10-4-9(13)3-8-5-15-7-16-11(8)10/h3-4,14H,5-7H2,1-2H3. The Bertz CT molecular complexity index is 401. The number of aliphatic hydroxyl groups is 1. The van der Waals surface area contributed by atoms with Crippen molar-refractivity contribution in [1.82, 2.24) is 0 Å². The molecular formula is C12H15FO3. The van der Waals surface area contributed by atoms with Crippen LogP contribution < -0.4 is 4.74 Å². The summed E-state index contributed by atoms with van der Waals surface area (Å²) in [4.78, 5) is 0. The monoisotopic (exact) mass is 226 g/mol. The number of benzene rings is 1. The molecule has 3 nitrogen and oxygen atoms in total. The van der Waals surface area contributed by atoms with E-state index in [1.807, 2.05) is 13.8 Å². The molecule has 0 amide bonds. The molecule has 0 spiro atoms. The number of hydrogen-bond donors (Lipinski definition) is 1. The zero-order valence-corrected chi connectivity index (χ0v) is 9.42. The van der Waals surface area contributed by atoms with Crippen LogP contribution in [0.2, 0.25) is 0 Å². The largest absolute Gasteiger partial charge is 0.467 e. The van der Waals surface area contributed by atoms with Gasteiger partial charge in [0, 0.05) is 16.5 Å². The molecule has 0 fully saturated rings. The van der Waals surface area contributed by atoms with E-state index in [2.05, 4.69) is 0 Å². The summed E-state index contributed by atoms with van der Waals surface area (Å²) < 4.78 is 23.9. The first-order valence-corrected chi connectivity index (χ1v) is 5.19. The van der Waals surface area contributed by atoms with Crippen LogP contribution in [-0.4, -0.2) is 18.5 Å². The third-order valence-corrected chi connectivity index (χ3v) is 2.80. The molecule has 0 atom stereocenters. The van der Waals surface area contributed by atoms with Crippen LogP contribution in [-0.2, 0) is 16.8 Å². The molecule has 1 heterocycles. The van der Waals surface area contributed by atoms with Crippen LogP contribution >= 0.6 is 0 Å². The Balaban J connectivity index is 2.55. The normalized spacial score (nSPS) is 15.5. The lowest BCUT2D eigenvalue weighted by Gasteiger charge is -2.28. The van der Waals surface area contributed by atoms with Gasteiger partial charge in [-0.25, -0.2) is 4.39 Å². The van der Waals surface area contributed by atoms with Crippen molar-refractivity contribution in [3.05, 3.63) is 29.1 Å². The highest BCUT2D eigenvalue weighted by atomic mass is 19.1. The summed E-state index contributed by atoms with van der Waals surface area (Å²) in [6.07, 6.45) is 0. The lowest BCUT2D eigenvalue weighted by molar-refractivity contribution is -0.0182. The minimum Gasteiger partial charge on any atom is -0.467 e. The summed E-state index contributed by atoms with van der Waals surface area (Å²) in [6, 6.07) is 2.83. The van der Waals surface area contributed by atoms with Gasteiger partial charge in [0.25, 0.3) is 0 Å². The van der Waals surface area contributed by atoms with Gasteiger partial charge in [0.15, 0.2) is 6.79 Å². The van der Waals surface area contributed by atoms with E-state index >= 15 is 0 Å². The van der Waals surface area contributed by atoms with Crippen LogP contribution in [0, 0.1) is 5.82 Å². The summed E-state index contributed by atoms with van der Waals surface area (Å²) in [7, 11) is 0. The summed E-state index contributed by atoms with van der Waals surface area (Å²) in [5, 5.41) is 9.33. The van der Waals surface area contributed by atoms with Crippen molar-refractivity contribution in [2.75, 3.05) is 13.4 Å². The third-order valence-electron chi connectivity index (χ3n) is 2.80. The fourth-order valence-electron chi connectivity index (χ4n) is 1.77. The van der Waals surface area contributed by atoms with E-state index in [1.54, 1.807) is 0 Å². The van der Waals surface area contributed by atoms with Gasteiger partial charge in [-0.2, -0.15) is 0 Å². The molecule has 1 aromatic carbocycles. The number of aliphatic hydroxyl groups excluding tert-OH is 1. The van der Waals surface area contributed by atoms with Gasteiger partial charge in [-0.1, -0.05) is 13.8 Å². The van der Waals surface area contributed by atoms with Crippen LogP contribution in [0.5, 0.6) is 5.75 Å². The van der Waals surface area contributed by atoms with E-state index in [4.69, 9.17) is 9.47 Å². The quantitative estimate of drug-likeness (QED) is 0.837. The maximum Gasteiger partial charge on any atom is 0.189 e. The highest BCUT2D eigenvalue weighted by molar-refractivity contribution is 5.46. The predicted molar refractivity (Wildman–Crippen MR) is 56.8 cm³/mol. The van der Waals surface area contributed by atoms with Crippen molar-refractivity contribution in [2.24, 2.45) is 0 Å². The summed E-state index contributed by atoms with van der Waals surface area (Å²) in [6.45, 7) is 4.16. The van der Waals surface area contributed by atoms with Crippen LogP contribution in [0.15, 0.2) is 12.1 Å². The molecule has 0 aromatic heterocycles. The lowest BCUT2D eigenvalue weighted by atomic mass is 9.83. The van der Waals surface area contributed by atoms with Crippen LogP contribution in [0.25, 0.3) is 0 Å². The first-order valence-electron chi connectivity index (χ1n) is 5.19. The smallest absolute Gasteiger partial charge is 0.189 e. The molecule has 0 bridgehead atoms. The molecule has 1 aliphatic rings. The Hall–Kier alpha value is -1.13. The van der Waals surface area contributed by atoms with Crippen LogP contribution in [0.3, 0.4) is 0 Å². The van der Waals surface area contributed by atoms with Gasteiger partial charge < -0.3 is 14.6 Å². The van der Waals surface area contributed by atoms with E-state index in [-0.39, 0.29) is 19.2 Å². The Morgan fingerprint density at radius 3 is 2.88 bits per heavy atom. The Labute approximate surface area is 93.8 Å². The van der Waals surface area contributed by atoms with E-state index in [0.29, 0.717) is 23.5 Å². The number of halogens is 1. The van der Waals surface area contributed by atoms with Gasteiger partial charge in [0.1, 0.15) is 11.6 Å². The number of hydrogen-bond acceptors (Lipinski definition) is 3. The second-order valence-electron chi connectivity index (χ2n) is 4.59. The maximum atomic E-state index is 13.4. The Morgan fingerprint density at radius 2 is 2.19 bits per heavy atom. The van der Waals surface area contributed by atoms with Crippen molar-refractivity contribution in [2.45, 2.75) is 25.9 Å². The van der Waals surface area contributed by atoms with Crippen molar-refractivity contribution < 1.29 is 19.0 Å². The highest BCUT2D eigenvalue weighted by Gasteiger charge is 2.28. The van der Waals surface area contributed by atoms with Crippen LogP contribution in [0.1, 0.15) is 25.0 Å². The van der Waals surface area contributed by atoms with Crippen molar-refractivity contribution in [3.8, 4) is 5.75 Å². The second kappa shape index (κ2) is 4.03. The molecule has 2 rings (SSSR count). The average Bonchev–Trinajstić information content (AvgIpc) is 2.28. The minimum atomic E-state index is -0.524. The molecule has 0 saturated carbocycles. The average molecular weight is 226 g/mol. The summed E-state index contributed by atoms with van der Waals surface area (Å²) in [5.41, 5.74) is 0.861. The fourth-order valence-corrected chi connectivity index (χ4v) is 1.77. The number of rotatable bonds is 2. The van der Waals surface area contributed by atoms with Gasteiger partial charge in [-0.3, -0.25) is 0 Å². The second-order valence-corrected chi connectivity index (χ2v) is 4.59. The van der Waals surface area contributed by atoms with Crippen molar-refractivity contribution in [1.29, 1.82) is 0 Å². The first-order chi connectivity index (χ1) is 7.54. The molecule has 1 aliphatic heterocycles. The van der Waals surface area contributed by atoms with Crippen molar-refractivity contribution in [3.63, 3.8) is 0 Å². The van der Waals surface area contributed by atoms with Crippen LogP contribution in [0.4, 0.5) is 4.39 Å². The van der Waals surface area contributed by atoms with E-state index in [1.165, 1.54) is 12.1 Å². The molecule has 16 heavy (non-hydrogen) atoms. The molecule has 4 heteroatoms. The fraction of sp³-hybridized carbons (Fsp3) is 0.500. The lowest BCUT2D eigenvalue weighted by Crippen LogP contribution is -2.25. The number of ether oxygens (including phenoxy) is 2. The summed E-state index contributed by atoms with van der Waals surface area (Å²) >= 11 is 0. The van der Waals surface area contributed by atoms with Gasteiger partial charge in [0.2, 0.25) is 0 Å².